The van der Waals surface area contributed by atoms with Crippen LogP contribution in [0, 0.1) is 0 Å². The molecule has 4 nitrogen and oxygen atoms in total. The molecule has 1 atom stereocenters. The molecule has 1 aromatic carbocycles. The first-order valence-corrected chi connectivity index (χ1v) is 4.54. The molecule has 0 saturated carbocycles. The molecule has 1 aromatic rings. The van der Waals surface area contributed by atoms with Crippen molar-refractivity contribution in [1.82, 2.24) is 5.32 Å². The second-order valence-electron chi connectivity index (χ2n) is 3.11. The Kier molecular flexibility index (Phi) is 2.76. The van der Waals surface area contributed by atoms with E-state index in [2.05, 4.69) is 10.6 Å². The number of anilines is 1. The van der Waals surface area contributed by atoms with Crippen molar-refractivity contribution in [2.75, 3.05) is 18.6 Å². The third-order valence-electron chi connectivity index (χ3n) is 2.05. The molecule has 1 amide bonds. The third kappa shape index (κ3) is 2.10. The molecule has 74 valence electrons. The van der Waals surface area contributed by atoms with E-state index in [0.717, 1.165) is 5.69 Å². The van der Waals surface area contributed by atoms with Crippen LogP contribution in [0.2, 0.25) is 0 Å². The number of hydrogen-bond donors (Lipinski definition) is 2. The van der Waals surface area contributed by atoms with E-state index in [1.165, 1.54) is 0 Å². The number of carbonyl (C=O) groups excluding carboxylic acids is 1. The molecule has 0 spiro atoms. The Morgan fingerprint density at radius 2 is 2.21 bits per heavy atom. The highest BCUT2D eigenvalue weighted by atomic mass is 16.5. The van der Waals surface area contributed by atoms with E-state index in [9.17, 15) is 4.79 Å². The molecule has 14 heavy (non-hydrogen) atoms. The monoisotopic (exact) mass is 192 g/mol. The molecule has 1 heterocycles. The van der Waals surface area contributed by atoms with Crippen LogP contribution in [0.15, 0.2) is 30.3 Å². The van der Waals surface area contributed by atoms with E-state index in [0.29, 0.717) is 13.3 Å². The maximum Gasteiger partial charge on any atom is 0.254 e. The van der Waals surface area contributed by atoms with E-state index in [-0.39, 0.29) is 12.0 Å². The quantitative estimate of drug-likeness (QED) is 0.720. The van der Waals surface area contributed by atoms with Gasteiger partial charge in [0.15, 0.2) is 6.10 Å². The van der Waals surface area contributed by atoms with Crippen LogP contribution >= 0.6 is 0 Å². The molecular weight excluding hydrogens is 180 g/mol. The van der Waals surface area contributed by atoms with Crippen molar-refractivity contribution in [2.24, 2.45) is 0 Å². The summed E-state index contributed by atoms with van der Waals surface area (Å²) in [4.78, 5) is 11.5. The summed E-state index contributed by atoms with van der Waals surface area (Å²) >= 11 is 0. The molecule has 0 bridgehead atoms. The third-order valence-corrected chi connectivity index (χ3v) is 2.05. The summed E-state index contributed by atoms with van der Waals surface area (Å²) in [5, 5.41) is 5.74. The average Bonchev–Trinajstić information content (AvgIpc) is 2.72. The van der Waals surface area contributed by atoms with Gasteiger partial charge in [0.1, 0.15) is 0 Å². The topological polar surface area (TPSA) is 50.4 Å². The van der Waals surface area contributed by atoms with E-state index in [4.69, 9.17) is 4.74 Å². The van der Waals surface area contributed by atoms with Crippen LogP contribution < -0.4 is 10.6 Å². The van der Waals surface area contributed by atoms with Crippen LogP contribution in [-0.2, 0) is 9.53 Å². The minimum atomic E-state index is -0.366. The second kappa shape index (κ2) is 4.21. The fraction of sp³-hybridized carbons (Fsp3) is 0.300. The Morgan fingerprint density at radius 1 is 1.43 bits per heavy atom. The molecule has 1 aliphatic rings. The molecular formula is C10H12N2O2. The highest BCUT2D eigenvalue weighted by molar-refractivity contribution is 5.94. The smallest absolute Gasteiger partial charge is 0.254 e. The fourth-order valence-electron chi connectivity index (χ4n) is 1.32. The predicted octanol–water partition coefficient (Wildman–Crippen LogP) is 0.571. The van der Waals surface area contributed by atoms with Gasteiger partial charge in [0.05, 0.1) is 6.73 Å². The molecule has 2 rings (SSSR count). The zero-order valence-electron chi connectivity index (χ0n) is 7.69. The van der Waals surface area contributed by atoms with Crippen LogP contribution in [0.1, 0.15) is 0 Å². The number of rotatable bonds is 2. The molecule has 4 heteroatoms. The minimum Gasteiger partial charge on any atom is -0.352 e. The van der Waals surface area contributed by atoms with E-state index >= 15 is 0 Å². The van der Waals surface area contributed by atoms with E-state index in [1.807, 2.05) is 30.3 Å². The Hall–Kier alpha value is -1.39. The van der Waals surface area contributed by atoms with Crippen molar-refractivity contribution in [1.29, 1.82) is 0 Å². The largest absolute Gasteiger partial charge is 0.352 e. The average molecular weight is 192 g/mol. The van der Waals surface area contributed by atoms with Gasteiger partial charge >= 0.3 is 0 Å². The maximum atomic E-state index is 11.5. The minimum absolute atomic E-state index is 0.0961. The van der Waals surface area contributed by atoms with Crippen LogP contribution in [0.3, 0.4) is 0 Å². The summed E-state index contributed by atoms with van der Waals surface area (Å²) in [6.45, 7) is 1.03. The van der Waals surface area contributed by atoms with Crippen molar-refractivity contribution < 1.29 is 9.53 Å². The molecule has 1 fully saturated rings. The highest BCUT2D eigenvalue weighted by Crippen LogP contribution is 2.07. The number of para-hydroxylation sites is 1. The van der Waals surface area contributed by atoms with Gasteiger partial charge in [-0.15, -0.1) is 0 Å². The van der Waals surface area contributed by atoms with Gasteiger partial charge in [0, 0.05) is 12.2 Å². The molecule has 0 aromatic heterocycles. The zero-order chi connectivity index (χ0) is 9.80. The van der Waals surface area contributed by atoms with Crippen molar-refractivity contribution in [2.45, 2.75) is 6.10 Å². The first-order chi connectivity index (χ1) is 6.86. The van der Waals surface area contributed by atoms with Gasteiger partial charge in [-0.1, -0.05) is 18.2 Å². The Balaban J connectivity index is 1.94. The standard InChI is InChI=1S/C10H12N2O2/c13-10(9-6-11-7-14-9)12-8-4-2-1-3-5-8/h1-5,9,11H,6-7H2,(H,12,13)/t9-/m0/s1. The lowest BCUT2D eigenvalue weighted by Crippen LogP contribution is -2.30. The fourth-order valence-corrected chi connectivity index (χ4v) is 1.32. The summed E-state index contributed by atoms with van der Waals surface area (Å²) in [5.41, 5.74) is 0.799. The Labute approximate surface area is 82.3 Å². The van der Waals surface area contributed by atoms with E-state index < -0.39 is 0 Å². The number of ether oxygens (including phenoxy) is 1. The van der Waals surface area contributed by atoms with Gasteiger partial charge in [-0.3, -0.25) is 10.1 Å². The summed E-state index contributed by atoms with van der Waals surface area (Å²) < 4.78 is 5.16. The molecule has 2 N–H and O–H groups in total. The van der Waals surface area contributed by atoms with E-state index in [1.54, 1.807) is 0 Å². The van der Waals surface area contributed by atoms with Crippen LogP contribution in [0.5, 0.6) is 0 Å². The molecule has 1 aliphatic heterocycles. The lowest BCUT2D eigenvalue weighted by molar-refractivity contribution is -0.124. The lowest BCUT2D eigenvalue weighted by atomic mass is 10.3. The molecule has 0 aliphatic carbocycles. The van der Waals surface area contributed by atoms with Crippen molar-refractivity contribution >= 4 is 11.6 Å². The van der Waals surface area contributed by atoms with Gasteiger partial charge in [-0.05, 0) is 12.1 Å². The van der Waals surface area contributed by atoms with Crippen LogP contribution in [-0.4, -0.2) is 25.3 Å². The number of nitrogens with one attached hydrogen (secondary N) is 2. The molecule has 0 radical (unpaired) electrons. The lowest BCUT2D eigenvalue weighted by Gasteiger charge is -2.08. The van der Waals surface area contributed by atoms with Crippen molar-refractivity contribution in [3.8, 4) is 0 Å². The van der Waals surface area contributed by atoms with Crippen LogP contribution in [0.4, 0.5) is 5.69 Å². The Bertz CT molecular complexity index is 307. The van der Waals surface area contributed by atoms with Gasteiger partial charge in [-0.25, -0.2) is 0 Å². The maximum absolute atomic E-state index is 11.5. The van der Waals surface area contributed by atoms with Gasteiger partial charge in [0.2, 0.25) is 0 Å². The summed E-state index contributed by atoms with van der Waals surface area (Å²) in [6, 6.07) is 9.36. The number of benzene rings is 1. The summed E-state index contributed by atoms with van der Waals surface area (Å²) in [6.07, 6.45) is -0.366. The van der Waals surface area contributed by atoms with Gasteiger partial charge in [-0.2, -0.15) is 0 Å². The normalized spacial score (nSPS) is 20.7. The van der Waals surface area contributed by atoms with Crippen molar-refractivity contribution in [3.05, 3.63) is 30.3 Å². The Morgan fingerprint density at radius 3 is 2.86 bits per heavy atom. The number of carbonyl (C=O) groups is 1. The van der Waals surface area contributed by atoms with Gasteiger partial charge < -0.3 is 10.1 Å². The molecule has 0 unspecified atom stereocenters. The number of amides is 1. The highest BCUT2D eigenvalue weighted by Gasteiger charge is 2.22. The molecule has 1 saturated heterocycles. The first-order valence-electron chi connectivity index (χ1n) is 4.54. The predicted molar refractivity (Wildman–Crippen MR) is 52.8 cm³/mol. The second-order valence-corrected chi connectivity index (χ2v) is 3.11. The summed E-state index contributed by atoms with van der Waals surface area (Å²) in [7, 11) is 0. The van der Waals surface area contributed by atoms with Crippen molar-refractivity contribution in [3.63, 3.8) is 0 Å². The summed E-state index contributed by atoms with van der Waals surface area (Å²) in [5.74, 6) is -0.0961. The SMILES string of the molecule is O=C(Nc1ccccc1)[C@@H]1CNCO1. The first kappa shape index (κ1) is 9.18. The van der Waals surface area contributed by atoms with Crippen LogP contribution in [0.25, 0.3) is 0 Å². The number of hydrogen-bond acceptors (Lipinski definition) is 3. The zero-order valence-corrected chi connectivity index (χ0v) is 7.69. The van der Waals surface area contributed by atoms with Gasteiger partial charge in [0.25, 0.3) is 5.91 Å².